The molecule has 0 N–H and O–H groups in total. The molecule has 2 nitrogen and oxygen atoms in total. The SMILES string of the molecule is c1ccc2c(c1)oc1c(-c3c4ccccc4c(-c4cccc5oc6ccccc6c45)c4ccccc34)cccc12. The summed E-state index contributed by atoms with van der Waals surface area (Å²) in [5.41, 5.74) is 8.37. The minimum atomic E-state index is 0.906. The van der Waals surface area contributed by atoms with E-state index in [0.717, 1.165) is 49.4 Å². The van der Waals surface area contributed by atoms with E-state index in [-0.39, 0.29) is 0 Å². The molecule has 0 atom stereocenters. The van der Waals surface area contributed by atoms with Gasteiger partial charge in [0.2, 0.25) is 0 Å². The van der Waals surface area contributed by atoms with Crippen LogP contribution in [0.25, 0.3) is 87.7 Å². The number of furan rings is 2. The highest BCUT2D eigenvalue weighted by Crippen LogP contribution is 2.48. The molecule has 0 aliphatic carbocycles. The van der Waals surface area contributed by atoms with Crippen LogP contribution < -0.4 is 0 Å². The van der Waals surface area contributed by atoms with Gasteiger partial charge in [-0.3, -0.25) is 0 Å². The van der Waals surface area contributed by atoms with Gasteiger partial charge in [-0.15, -0.1) is 0 Å². The lowest BCUT2D eigenvalue weighted by atomic mass is 9.84. The minimum absolute atomic E-state index is 0.906. The van der Waals surface area contributed by atoms with Gasteiger partial charge < -0.3 is 8.83 Å². The summed E-state index contributed by atoms with van der Waals surface area (Å²) in [6.45, 7) is 0. The van der Waals surface area contributed by atoms with Crippen molar-refractivity contribution in [1.29, 1.82) is 0 Å². The van der Waals surface area contributed by atoms with Gasteiger partial charge in [0, 0.05) is 32.7 Å². The van der Waals surface area contributed by atoms with E-state index in [4.69, 9.17) is 8.83 Å². The van der Waals surface area contributed by atoms with Crippen molar-refractivity contribution in [2.75, 3.05) is 0 Å². The average Bonchev–Trinajstić information content (AvgIpc) is 3.59. The van der Waals surface area contributed by atoms with Gasteiger partial charge >= 0.3 is 0 Å². The van der Waals surface area contributed by atoms with Crippen LogP contribution in [0, 0.1) is 0 Å². The summed E-state index contributed by atoms with van der Waals surface area (Å²) in [4.78, 5) is 0. The molecule has 0 radical (unpaired) electrons. The maximum absolute atomic E-state index is 6.53. The maximum atomic E-state index is 6.53. The molecule has 0 fully saturated rings. The summed E-state index contributed by atoms with van der Waals surface area (Å²) in [6, 6.07) is 47.1. The van der Waals surface area contributed by atoms with Crippen LogP contribution in [0.4, 0.5) is 0 Å². The Bertz CT molecular complexity index is 2380. The Labute approximate surface area is 229 Å². The highest BCUT2D eigenvalue weighted by atomic mass is 16.3. The third kappa shape index (κ3) is 2.88. The number of benzene rings is 7. The molecule has 186 valence electrons. The van der Waals surface area contributed by atoms with E-state index in [9.17, 15) is 0 Å². The molecule has 0 aliphatic heterocycles. The molecule has 0 unspecified atom stereocenters. The topological polar surface area (TPSA) is 26.3 Å². The van der Waals surface area contributed by atoms with Gasteiger partial charge in [0.1, 0.15) is 22.3 Å². The Morgan fingerprint density at radius 3 is 1.43 bits per heavy atom. The molecule has 0 bridgehead atoms. The molecule has 7 aromatic carbocycles. The van der Waals surface area contributed by atoms with E-state index in [1.807, 2.05) is 24.3 Å². The van der Waals surface area contributed by atoms with Gasteiger partial charge in [-0.25, -0.2) is 0 Å². The maximum Gasteiger partial charge on any atom is 0.143 e. The largest absolute Gasteiger partial charge is 0.456 e. The fraction of sp³-hybridized carbons (Fsp3) is 0. The molecular formula is C38H22O2. The third-order valence-corrected chi connectivity index (χ3v) is 8.28. The molecule has 0 aliphatic rings. The van der Waals surface area contributed by atoms with Gasteiger partial charge in [0.25, 0.3) is 0 Å². The van der Waals surface area contributed by atoms with Crippen molar-refractivity contribution >= 4 is 65.4 Å². The van der Waals surface area contributed by atoms with Gasteiger partial charge in [-0.2, -0.15) is 0 Å². The minimum Gasteiger partial charge on any atom is -0.456 e. The lowest BCUT2D eigenvalue weighted by molar-refractivity contribution is 0.669. The number of hydrogen-bond acceptors (Lipinski definition) is 2. The van der Waals surface area contributed by atoms with Crippen molar-refractivity contribution in [1.82, 2.24) is 0 Å². The van der Waals surface area contributed by atoms with Crippen LogP contribution in [-0.2, 0) is 0 Å². The number of hydrogen-bond donors (Lipinski definition) is 0. The standard InChI is InChI=1S/C38H22O2/c1-3-14-26-24(12-1)35(30-18-10-22-34-37(30)29-16-6-8-21-33(29)39-34)25-13-2-4-15-27(25)36(26)31-19-9-17-28-23-11-5-7-20-32(23)40-38(28)31/h1-22H. The van der Waals surface area contributed by atoms with Crippen molar-refractivity contribution < 1.29 is 8.83 Å². The lowest BCUT2D eigenvalue weighted by Crippen LogP contribution is -1.91. The Morgan fingerprint density at radius 1 is 0.300 bits per heavy atom. The van der Waals surface area contributed by atoms with Crippen molar-refractivity contribution in [3.05, 3.63) is 133 Å². The fourth-order valence-corrected chi connectivity index (χ4v) is 6.64. The van der Waals surface area contributed by atoms with E-state index in [2.05, 4.69) is 109 Å². The first kappa shape index (κ1) is 21.6. The van der Waals surface area contributed by atoms with Crippen LogP contribution in [0.1, 0.15) is 0 Å². The zero-order valence-electron chi connectivity index (χ0n) is 21.5. The Morgan fingerprint density at radius 2 is 0.750 bits per heavy atom. The molecule has 0 saturated carbocycles. The third-order valence-electron chi connectivity index (χ3n) is 8.28. The molecular weight excluding hydrogens is 488 g/mol. The molecule has 9 aromatic rings. The van der Waals surface area contributed by atoms with E-state index in [1.54, 1.807) is 0 Å². The summed E-state index contributed by atoms with van der Waals surface area (Å²) >= 11 is 0. The van der Waals surface area contributed by atoms with E-state index >= 15 is 0 Å². The Hall–Kier alpha value is -5.34. The predicted molar refractivity (Wildman–Crippen MR) is 167 cm³/mol. The second kappa shape index (κ2) is 8.08. The predicted octanol–water partition coefficient (Wildman–Crippen LogP) is 11.1. The van der Waals surface area contributed by atoms with Crippen molar-refractivity contribution in [2.45, 2.75) is 0 Å². The van der Waals surface area contributed by atoms with Gasteiger partial charge in [0.05, 0.1) is 0 Å². The summed E-state index contributed by atoms with van der Waals surface area (Å²) in [5.74, 6) is 0. The lowest BCUT2D eigenvalue weighted by Gasteiger charge is -2.18. The zero-order valence-corrected chi connectivity index (χ0v) is 21.5. The number of fused-ring (bicyclic) bond motifs is 8. The van der Waals surface area contributed by atoms with Gasteiger partial charge in [-0.1, -0.05) is 115 Å². The quantitative estimate of drug-likeness (QED) is 0.216. The molecule has 0 saturated heterocycles. The second-order valence-corrected chi connectivity index (χ2v) is 10.4. The summed E-state index contributed by atoms with van der Waals surface area (Å²) < 4.78 is 12.8. The molecule has 2 heterocycles. The molecule has 2 aromatic heterocycles. The van der Waals surface area contributed by atoms with E-state index in [0.29, 0.717) is 0 Å². The van der Waals surface area contributed by atoms with Crippen molar-refractivity contribution in [3.8, 4) is 22.3 Å². The van der Waals surface area contributed by atoms with Crippen LogP contribution in [0.5, 0.6) is 0 Å². The van der Waals surface area contributed by atoms with Crippen LogP contribution in [0.15, 0.2) is 142 Å². The Balaban J connectivity index is 1.47. The number of rotatable bonds is 2. The highest BCUT2D eigenvalue weighted by molar-refractivity contribution is 6.27. The summed E-state index contributed by atoms with van der Waals surface area (Å²) in [6.07, 6.45) is 0. The smallest absolute Gasteiger partial charge is 0.143 e. The monoisotopic (exact) mass is 510 g/mol. The Kier molecular flexibility index (Phi) is 4.36. The van der Waals surface area contributed by atoms with Crippen LogP contribution in [0.3, 0.4) is 0 Å². The normalized spacial score (nSPS) is 12.0. The average molecular weight is 511 g/mol. The number of para-hydroxylation sites is 3. The molecule has 9 rings (SSSR count). The van der Waals surface area contributed by atoms with Gasteiger partial charge in [-0.05, 0) is 50.9 Å². The molecule has 0 amide bonds. The first-order chi connectivity index (χ1) is 19.9. The van der Waals surface area contributed by atoms with E-state index in [1.165, 1.54) is 38.2 Å². The molecule has 0 spiro atoms. The highest BCUT2D eigenvalue weighted by Gasteiger charge is 2.22. The van der Waals surface area contributed by atoms with Crippen LogP contribution >= 0.6 is 0 Å². The molecule has 40 heavy (non-hydrogen) atoms. The van der Waals surface area contributed by atoms with Crippen molar-refractivity contribution in [3.63, 3.8) is 0 Å². The summed E-state index contributed by atoms with van der Waals surface area (Å²) in [5, 5.41) is 9.40. The molecule has 2 heteroatoms. The zero-order chi connectivity index (χ0) is 26.2. The first-order valence-corrected chi connectivity index (χ1v) is 13.6. The van der Waals surface area contributed by atoms with E-state index < -0.39 is 0 Å². The van der Waals surface area contributed by atoms with Crippen LogP contribution in [0.2, 0.25) is 0 Å². The van der Waals surface area contributed by atoms with Crippen LogP contribution in [-0.4, -0.2) is 0 Å². The fourth-order valence-electron chi connectivity index (χ4n) is 6.64. The second-order valence-electron chi connectivity index (χ2n) is 10.4. The summed E-state index contributed by atoms with van der Waals surface area (Å²) in [7, 11) is 0. The van der Waals surface area contributed by atoms with Crippen molar-refractivity contribution in [2.24, 2.45) is 0 Å². The first-order valence-electron chi connectivity index (χ1n) is 13.6. The van der Waals surface area contributed by atoms with Gasteiger partial charge in [0.15, 0.2) is 0 Å².